The first-order valence-electron chi connectivity index (χ1n) is 7.28. The Bertz CT molecular complexity index is 882. The second-order valence-electron chi connectivity index (χ2n) is 5.74. The standard InChI is InChI=1S/C16H17N4O3S/c1-19(11-14-3-4-15(8-18-14)24(2,22)23)16(21)20-9-12-5-6-17-7-13(12)10-20/h3-8H,1,9-11H2,2H3/q+1. The molecule has 0 saturated carbocycles. The van der Waals surface area contributed by atoms with Crippen molar-refractivity contribution < 1.29 is 17.8 Å². The first-order valence-corrected chi connectivity index (χ1v) is 9.17. The number of hydrogen-bond acceptors (Lipinski definition) is 5. The summed E-state index contributed by atoms with van der Waals surface area (Å²) in [5.41, 5.74) is 2.70. The van der Waals surface area contributed by atoms with E-state index in [1.54, 1.807) is 23.4 Å². The monoisotopic (exact) mass is 345 g/mol. The van der Waals surface area contributed by atoms with Crippen molar-refractivity contribution in [3.8, 4) is 0 Å². The fourth-order valence-corrected chi connectivity index (χ4v) is 3.10. The number of urea groups is 1. The van der Waals surface area contributed by atoms with Crippen LogP contribution in [0.1, 0.15) is 16.8 Å². The molecule has 2 aromatic heterocycles. The molecule has 1 aliphatic heterocycles. The molecule has 0 bridgehead atoms. The predicted octanol–water partition coefficient (Wildman–Crippen LogP) is 1.23. The molecular formula is C16H17N4O3S+. The Labute approximate surface area is 140 Å². The molecule has 1 aliphatic rings. The van der Waals surface area contributed by atoms with Gasteiger partial charge in [0.1, 0.15) is 19.6 Å². The van der Waals surface area contributed by atoms with Gasteiger partial charge in [0.15, 0.2) is 9.84 Å². The summed E-state index contributed by atoms with van der Waals surface area (Å²) in [6.45, 7) is 5.02. The maximum atomic E-state index is 12.5. The minimum atomic E-state index is -3.28. The van der Waals surface area contributed by atoms with Gasteiger partial charge in [0.2, 0.25) is 0 Å². The van der Waals surface area contributed by atoms with Gasteiger partial charge < -0.3 is 0 Å². The molecule has 24 heavy (non-hydrogen) atoms. The summed E-state index contributed by atoms with van der Waals surface area (Å²) in [5.74, 6) is 0. The maximum Gasteiger partial charge on any atom is 0.493 e. The fraction of sp³-hybridized carbons (Fsp3) is 0.250. The second-order valence-corrected chi connectivity index (χ2v) is 7.75. The first kappa shape index (κ1) is 16.3. The van der Waals surface area contributed by atoms with Crippen LogP contribution >= 0.6 is 0 Å². The maximum absolute atomic E-state index is 12.5. The number of rotatable bonds is 3. The number of hydrogen-bond donors (Lipinski definition) is 0. The van der Waals surface area contributed by atoms with Crippen LogP contribution in [0, 0.1) is 0 Å². The number of carbonyl (C=O) groups is 1. The number of sulfone groups is 1. The Morgan fingerprint density at radius 3 is 2.62 bits per heavy atom. The Hall–Kier alpha value is -2.61. The third-order valence-electron chi connectivity index (χ3n) is 3.85. The molecule has 3 rings (SSSR count). The highest BCUT2D eigenvalue weighted by Gasteiger charge is 2.32. The van der Waals surface area contributed by atoms with Gasteiger partial charge in [-0.2, -0.15) is 9.37 Å². The number of nitrogens with zero attached hydrogens (tertiary/aromatic N) is 4. The predicted molar refractivity (Wildman–Crippen MR) is 87.3 cm³/mol. The van der Waals surface area contributed by atoms with E-state index in [-0.39, 0.29) is 17.5 Å². The van der Waals surface area contributed by atoms with E-state index in [9.17, 15) is 13.2 Å². The highest BCUT2D eigenvalue weighted by molar-refractivity contribution is 7.90. The molecule has 0 N–H and O–H groups in total. The summed E-state index contributed by atoms with van der Waals surface area (Å²) in [6, 6.07) is 4.76. The Morgan fingerprint density at radius 1 is 1.25 bits per heavy atom. The zero-order valence-corrected chi connectivity index (χ0v) is 14.0. The third-order valence-corrected chi connectivity index (χ3v) is 4.94. The van der Waals surface area contributed by atoms with E-state index in [0.717, 1.165) is 17.4 Å². The highest BCUT2D eigenvalue weighted by Crippen LogP contribution is 2.22. The van der Waals surface area contributed by atoms with Crippen LogP contribution in [-0.2, 0) is 29.5 Å². The molecule has 0 aromatic carbocycles. The van der Waals surface area contributed by atoms with Gasteiger partial charge in [-0.3, -0.25) is 9.97 Å². The Morgan fingerprint density at radius 2 is 2.00 bits per heavy atom. The molecule has 2 amide bonds. The zero-order chi connectivity index (χ0) is 17.3. The van der Waals surface area contributed by atoms with E-state index >= 15 is 0 Å². The first-order chi connectivity index (χ1) is 11.3. The van der Waals surface area contributed by atoms with Crippen LogP contribution in [0.4, 0.5) is 4.79 Å². The van der Waals surface area contributed by atoms with Gasteiger partial charge in [0.25, 0.3) is 0 Å². The van der Waals surface area contributed by atoms with Crippen molar-refractivity contribution in [1.82, 2.24) is 14.9 Å². The van der Waals surface area contributed by atoms with Crippen molar-refractivity contribution >= 4 is 22.6 Å². The normalized spacial score (nSPS) is 13.6. The zero-order valence-electron chi connectivity index (χ0n) is 13.2. The summed E-state index contributed by atoms with van der Waals surface area (Å²) in [7, 11) is -3.28. The topological polar surface area (TPSA) is 83.2 Å². The van der Waals surface area contributed by atoms with E-state index in [4.69, 9.17) is 0 Å². The quantitative estimate of drug-likeness (QED) is 0.617. The summed E-state index contributed by atoms with van der Waals surface area (Å²) >= 11 is 0. The van der Waals surface area contributed by atoms with Crippen molar-refractivity contribution in [2.45, 2.75) is 24.5 Å². The number of pyridine rings is 2. The van der Waals surface area contributed by atoms with Gasteiger partial charge in [0.05, 0.1) is 17.3 Å². The van der Waals surface area contributed by atoms with Crippen LogP contribution in [0.2, 0.25) is 0 Å². The summed E-state index contributed by atoms with van der Waals surface area (Å²) in [6.07, 6.45) is 5.89. The van der Waals surface area contributed by atoms with E-state index in [1.165, 1.54) is 16.8 Å². The van der Waals surface area contributed by atoms with E-state index in [0.29, 0.717) is 18.8 Å². The lowest BCUT2D eigenvalue weighted by atomic mass is 10.2. The van der Waals surface area contributed by atoms with Gasteiger partial charge in [-0.25, -0.2) is 13.3 Å². The molecule has 2 aromatic rings. The van der Waals surface area contributed by atoms with Crippen molar-refractivity contribution in [2.24, 2.45) is 0 Å². The van der Waals surface area contributed by atoms with Gasteiger partial charge >= 0.3 is 6.03 Å². The summed E-state index contributed by atoms with van der Waals surface area (Å²) < 4.78 is 24.2. The molecule has 0 fully saturated rings. The molecule has 3 heterocycles. The molecule has 8 heteroatoms. The highest BCUT2D eigenvalue weighted by atomic mass is 32.2. The average molecular weight is 345 g/mol. The molecule has 0 saturated heterocycles. The lowest BCUT2D eigenvalue weighted by Crippen LogP contribution is -2.33. The van der Waals surface area contributed by atoms with Crippen molar-refractivity contribution in [1.29, 1.82) is 0 Å². The average Bonchev–Trinajstić information content (AvgIpc) is 2.97. The number of aromatic nitrogens is 2. The van der Waals surface area contributed by atoms with Crippen LogP contribution in [0.25, 0.3) is 0 Å². The van der Waals surface area contributed by atoms with Crippen molar-refractivity contribution in [3.63, 3.8) is 0 Å². The third kappa shape index (κ3) is 3.33. The van der Waals surface area contributed by atoms with E-state index in [1.807, 2.05) is 6.07 Å². The van der Waals surface area contributed by atoms with Gasteiger partial charge in [-0.1, -0.05) is 0 Å². The number of carbonyl (C=O) groups excluding carboxylic acids is 1. The summed E-state index contributed by atoms with van der Waals surface area (Å²) in [4.78, 5) is 22.5. The minimum absolute atomic E-state index is 0.149. The lowest BCUT2D eigenvalue weighted by Gasteiger charge is -2.10. The van der Waals surface area contributed by atoms with Crippen LogP contribution in [0.5, 0.6) is 0 Å². The van der Waals surface area contributed by atoms with Crippen LogP contribution < -0.4 is 0 Å². The molecule has 0 aliphatic carbocycles. The smallest absolute Gasteiger partial charge is 0.264 e. The molecule has 7 nitrogen and oxygen atoms in total. The van der Waals surface area contributed by atoms with Crippen LogP contribution in [-0.4, -0.2) is 46.9 Å². The Kier molecular flexibility index (Phi) is 4.15. The molecule has 0 atom stereocenters. The van der Waals surface area contributed by atoms with Crippen molar-refractivity contribution in [2.75, 3.05) is 6.26 Å². The molecule has 0 radical (unpaired) electrons. The van der Waals surface area contributed by atoms with Crippen LogP contribution in [0.3, 0.4) is 0 Å². The van der Waals surface area contributed by atoms with E-state index in [2.05, 4.69) is 16.7 Å². The molecular weight excluding hydrogens is 328 g/mol. The van der Waals surface area contributed by atoms with Gasteiger partial charge in [0, 0.05) is 36.0 Å². The van der Waals surface area contributed by atoms with Crippen molar-refractivity contribution in [3.05, 3.63) is 53.6 Å². The van der Waals surface area contributed by atoms with Gasteiger partial charge in [-0.15, -0.1) is 0 Å². The summed E-state index contributed by atoms with van der Waals surface area (Å²) in [5, 5.41) is 0. The SMILES string of the molecule is C=[N+](Cc1ccc(S(C)(=O)=O)cn1)C(=O)N1Cc2ccncc2C1. The molecule has 124 valence electrons. The second kappa shape index (κ2) is 6.12. The molecule has 0 spiro atoms. The minimum Gasteiger partial charge on any atom is -0.264 e. The number of amides is 2. The van der Waals surface area contributed by atoms with Gasteiger partial charge in [-0.05, 0) is 18.2 Å². The van der Waals surface area contributed by atoms with E-state index < -0.39 is 9.84 Å². The Balaban J connectivity index is 1.66. The lowest BCUT2D eigenvalue weighted by molar-refractivity contribution is -0.446. The largest absolute Gasteiger partial charge is 0.493 e. The molecule has 0 unspecified atom stereocenters. The fourth-order valence-electron chi connectivity index (χ4n) is 2.54. The number of fused-ring (bicyclic) bond motifs is 1. The van der Waals surface area contributed by atoms with Crippen LogP contribution in [0.15, 0.2) is 41.7 Å².